The van der Waals surface area contributed by atoms with Gasteiger partial charge in [-0.3, -0.25) is 0 Å². The summed E-state index contributed by atoms with van der Waals surface area (Å²) in [5.74, 6) is 3.99. The molecule has 146 valence electrons. The van der Waals surface area contributed by atoms with E-state index in [0.29, 0.717) is 0 Å². The molecule has 2 saturated carbocycles. The summed E-state index contributed by atoms with van der Waals surface area (Å²) in [6.07, 6.45) is 20.6. The molecule has 2 fully saturated rings. The second-order valence-electron chi connectivity index (χ2n) is 9.24. The van der Waals surface area contributed by atoms with Crippen molar-refractivity contribution in [2.75, 3.05) is 0 Å². The van der Waals surface area contributed by atoms with E-state index in [0.717, 1.165) is 23.7 Å². The molecular weight excluding hydrogens is 380 g/mol. The molecule has 0 spiro atoms. The van der Waals surface area contributed by atoms with Crippen molar-refractivity contribution >= 4 is 15.9 Å². The van der Waals surface area contributed by atoms with Gasteiger partial charge in [0.2, 0.25) is 0 Å². The predicted octanol–water partition coefficient (Wildman–Crippen LogP) is 8.57. The lowest BCUT2D eigenvalue weighted by Gasteiger charge is -2.33. The van der Waals surface area contributed by atoms with Gasteiger partial charge in [-0.05, 0) is 54.2 Å². The third kappa shape index (κ3) is 6.39. The fourth-order valence-corrected chi connectivity index (χ4v) is 5.96. The number of hydrogen-bond acceptors (Lipinski definition) is 0. The monoisotopic (exact) mass is 418 g/mol. The zero-order valence-corrected chi connectivity index (χ0v) is 18.5. The quantitative estimate of drug-likeness (QED) is 0.396. The second-order valence-corrected chi connectivity index (χ2v) is 10.2. The van der Waals surface area contributed by atoms with Gasteiger partial charge in [0.05, 0.1) is 0 Å². The first-order valence-corrected chi connectivity index (χ1v) is 12.3. The molecule has 26 heavy (non-hydrogen) atoms. The summed E-state index contributed by atoms with van der Waals surface area (Å²) in [5.41, 5.74) is 1.55. The average molecular weight is 419 g/mol. The van der Waals surface area contributed by atoms with E-state index in [4.69, 9.17) is 0 Å². The third-order valence-corrected chi connectivity index (χ3v) is 7.87. The molecule has 1 heteroatoms. The van der Waals surface area contributed by atoms with E-state index in [1.807, 2.05) is 0 Å². The minimum absolute atomic E-state index is 0.921. The molecule has 0 amide bonds. The van der Waals surface area contributed by atoms with Crippen LogP contribution in [0.25, 0.3) is 0 Å². The van der Waals surface area contributed by atoms with Gasteiger partial charge < -0.3 is 0 Å². The normalized spacial score (nSPS) is 25.9. The molecule has 1 unspecified atom stereocenters. The van der Waals surface area contributed by atoms with Gasteiger partial charge in [0.15, 0.2) is 0 Å². The molecule has 0 aromatic heterocycles. The Balaban J connectivity index is 1.52. The maximum absolute atomic E-state index is 3.59. The summed E-state index contributed by atoms with van der Waals surface area (Å²) in [6, 6.07) is 9.14. The minimum atomic E-state index is 0.921. The lowest BCUT2D eigenvalue weighted by molar-refractivity contribution is 0.197. The molecule has 0 heterocycles. The summed E-state index contributed by atoms with van der Waals surface area (Å²) < 4.78 is 1.21. The standard InChI is InChI=1S/C25H39Br/c1-2-6-20-9-11-21(12-10-20)13-16-24(23-7-4-3-5-8-23)19-22-14-17-25(26)18-15-22/h14-15,17-18,20-21,23-24H,2-13,16,19H2,1H3. The van der Waals surface area contributed by atoms with Crippen molar-refractivity contribution in [2.24, 2.45) is 23.7 Å². The number of rotatable bonds is 8. The van der Waals surface area contributed by atoms with Crippen LogP contribution in [0.4, 0.5) is 0 Å². The van der Waals surface area contributed by atoms with Gasteiger partial charge in [0.25, 0.3) is 0 Å². The maximum Gasteiger partial charge on any atom is 0.0175 e. The molecule has 0 nitrogen and oxygen atoms in total. The van der Waals surface area contributed by atoms with E-state index in [2.05, 4.69) is 47.1 Å². The Hall–Kier alpha value is -0.300. The lowest BCUT2D eigenvalue weighted by Crippen LogP contribution is -2.22. The molecule has 1 aromatic carbocycles. The molecule has 0 saturated heterocycles. The fourth-order valence-electron chi connectivity index (χ4n) is 5.70. The molecule has 0 radical (unpaired) electrons. The lowest BCUT2D eigenvalue weighted by atomic mass is 9.72. The molecule has 1 atom stereocenters. The molecule has 3 rings (SSSR count). The zero-order valence-electron chi connectivity index (χ0n) is 16.9. The third-order valence-electron chi connectivity index (χ3n) is 7.34. The van der Waals surface area contributed by atoms with Crippen LogP contribution in [0.15, 0.2) is 28.7 Å². The Morgan fingerprint density at radius 2 is 1.46 bits per heavy atom. The zero-order chi connectivity index (χ0) is 18.2. The maximum atomic E-state index is 3.59. The van der Waals surface area contributed by atoms with E-state index < -0.39 is 0 Å². The van der Waals surface area contributed by atoms with Crippen molar-refractivity contribution in [1.82, 2.24) is 0 Å². The van der Waals surface area contributed by atoms with Crippen molar-refractivity contribution in [3.05, 3.63) is 34.3 Å². The minimum Gasteiger partial charge on any atom is -0.0654 e. The Morgan fingerprint density at radius 3 is 2.08 bits per heavy atom. The largest absolute Gasteiger partial charge is 0.0654 e. The molecule has 2 aliphatic carbocycles. The van der Waals surface area contributed by atoms with Crippen molar-refractivity contribution in [3.8, 4) is 0 Å². The highest BCUT2D eigenvalue weighted by atomic mass is 79.9. The Morgan fingerprint density at radius 1 is 0.846 bits per heavy atom. The van der Waals surface area contributed by atoms with Crippen LogP contribution in [-0.2, 0) is 6.42 Å². The summed E-state index contributed by atoms with van der Waals surface area (Å²) in [6.45, 7) is 2.35. The molecule has 0 bridgehead atoms. The van der Waals surface area contributed by atoms with Gasteiger partial charge in [0, 0.05) is 4.47 Å². The van der Waals surface area contributed by atoms with Crippen molar-refractivity contribution in [2.45, 2.75) is 96.8 Å². The first kappa shape index (κ1) is 20.4. The smallest absolute Gasteiger partial charge is 0.0175 e. The summed E-state index contributed by atoms with van der Waals surface area (Å²) >= 11 is 3.59. The first-order chi connectivity index (χ1) is 12.7. The predicted molar refractivity (Wildman–Crippen MR) is 118 cm³/mol. The van der Waals surface area contributed by atoms with Crippen LogP contribution in [0.3, 0.4) is 0 Å². The van der Waals surface area contributed by atoms with Gasteiger partial charge in [0.1, 0.15) is 0 Å². The molecule has 0 aliphatic heterocycles. The van der Waals surface area contributed by atoms with Crippen LogP contribution in [0.5, 0.6) is 0 Å². The summed E-state index contributed by atoms with van der Waals surface area (Å²) in [4.78, 5) is 0. The van der Waals surface area contributed by atoms with Gasteiger partial charge in [-0.25, -0.2) is 0 Å². The van der Waals surface area contributed by atoms with Gasteiger partial charge >= 0.3 is 0 Å². The average Bonchev–Trinajstić information content (AvgIpc) is 2.69. The van der Waals surface area contributed by atoms with Crippen LogP contribution in [0.1, 0.15) is 96.0 Å². The van der Waals surface area contributed by atoms with Crippen molar-refractivity contribution in [1.29, 1.82) is 0 Å². The van der Waals surface area contributed by atoms with E-state index in [-0.39, 0.29) is 0 Å². The SMILES string of the molecule is CCCC1CCC(CCC(Cc2ccc(Br)cc2)C2CCCCC2)CC1. The van der Waals surface area contributed by atoms with Crippen molar-refractivity contribution in [3.63, 3.8) is 0 Å². The molecule has 1 aromatic rings. The van der Waals surface area contributed by atoms with Gasteiger partial charge in [-0.2, -0.15) is 0 Å². The van der Waals surface area contributed by atoms with E-state index >= 15 is 0 Å². The Labute approximate surface area is 170 Å². The van der Waals surface area contributed by atoms with Crippen molar-refractivity contribution < 1.29 is 0 Å². The topological polar surface area (TPSA) is 0 Å². The highest BCUT2D eigenvalue weighted by Gasteiger charge is 2.26. The number of hydrogen-bond donors (Lipinski definition) is 0. The van der Waals surface area contributed by atoms with Crippen LogP contribution in [-0.4, -0.2) is 0 Å². The van der Waals surface area contributed by atoms with Crippen LogP contribution in [0.2, 0.25) is 0 Å². The molecular formula is C25H39Br. The van der Waals surface area contributed by atoms with Crippen LogP contribution < -0.4 is 0 Å². The van der Waals surface area contributed by atoms with E-state index in [9.17, 15) is 0 Å². The highest BCUT2D eigenvalue weighted by molar-refractivity contribution is 9.10. The molecule has 0 N–H and O–H groups in total. The van der Waals surface area contributed by atoms with Gasteiger partial charge in [-0.1, -0.05) is 112 Å². The Kier molecular flexibility index (Phi) is 8.56. The van der Waals surface area contributed by atoms with Gasteiger partial charge in [-0.15, -0.1) is 0 Å². The van der Waals surface area contributed by atoms with Crippen LogP contribution >= 0.6 is 15.9 Å². The highest BCUT2D eigenvalue weighted by Crippen LogP contribution is 2.38. The summed E-state index contributed by atoms with van der Waals surface area (Å²) in [5, 5.41) is 0. The van der Waals surface area contributed by atoms with E-state index in [1.54, 1.807) is 5.56 Å². The van der Waals surface area contributed by atoms with Crippen LogP contribution in [0, 0.1) is 23.7 Å². The Bertz CT molecular complexity index is 491. The second kappa shape index (κ2) is 10.9. The fraction of sp³-hybridized carbons (Fsp3) is 0.760. The number of halogens is 1. The molecule has 2 aliphatic rings. The van der Waals surface area contributed by atoms with E-state index in [1.165, 1.54) is 94.4 Å². The number of benzene rings is 1. The first-order valence-electron chi connectivity index (χ1n) is 11.5. The summed E-state index contributed by atoms with van der Waals surface area (Å²) in [7, 11) is 0.